The predicted octanol–water partition coefficient (Wildman–Crippen LogP) is 3.17. The van der Waals surface area contributed by atoms with Crippen molar-refractivity contribution in [2.75, 3.05) is 33.4 Å². The molecule has 156 valence electrons. The van der Waals surface area contributed by atoms with E-state index in [1.165, 1.54) is 0 Å². The Hall–Kier alpha value is -3.78. The third-order valence-electron chi connectivity index (χ3n) is 5.39. The number of H-pyrrole nitrogens is 1. The van der Waals surface area contributed by atoms with Crippen molar-refractivity contribution in [1.82, 2.24) is 25.1 Å². The topological polar surface area (TPSA) is 93.2 Å². The van der Waals surface area contributed by atoms with E-state index in [0.29, 0.717) is 37.6 Å². The van der Waals surface area contributed by atoms with Crippen LogP contribution in [-0.4, -0.2) is 64.4 Å². The van der Waals surface area contributed by atoms with E-state index in [9.17, 15) is 4.79 Å². The summed E-state index contributed by atoms with van der Waals surface area (Å²) in [5, 5.41) is 8.32. The highest BCUT2D eigenvalue weighted by Crippen LogP contribution is 2.34. The van der Waals surface area contributed by atoms with Gasteiger partial charge >= 0.3 is 0 Å². The molecule has 1 aliphatic rings. The number of benzene rings is 1. The van der Waals surface area contributed by atoms with Crippen molar-refractivity contribution in [3.63, 3.8) is 0 Å². The number of morpholine rings is 1. The molecule has 0 radical (unpaired) electrons. The number of carbonyl (C=O) groups excluding carboxylic acids is 1. The number of nitrogens with one attached hydrogen (secondary N) is 1. The van der Waals surface area contributed by atoms with Crippen LogP contribution in [0, 0.1) is 0 Å². The molecular weight excluding hydrogens is 394 g/mol. The number of fused-ring (bicyclic) bond motifs is 1. The first-order valence-electron chi connectivity index (χ1n) is 10.1. The van der Waals surface area contributed by atoms with Crippen LogP contribution in [0.25, 0.3) is 33.4 Å². The summed E-state index contributed by atoms with van der Waals surface area (Å²) in [6.07, 6.45) is 3.48. The number of aromatic amines is 1. The van der Waals surface area contributed by atoms with Crippen LogP contribution in [0.5, 0.6) is 5.75 Å². The van der Waals surface area contributed by atoms with Gasteiger partial charge in [0, 0.05) is 47.6 Å². The Kier molecular flexibility index (Phi) is 5.05. The molecule has 8 heteroatoms. The lowest BCUT2D eigenvalue weighted by Gasteiger charge is -2.26. The highest BCUT2D eigenvalue weighted by molar-refractivity contribution is 5.95. The molecule has 1 aliphatic heterocycles. The molecule has 0 aliphatic carbocycles. The van der Waals surface area contributed by atoms with Gasteiger partial charge in [0.2, 0.25) is 0 Å². The Morgan fingerprint density at radius 2 is 1.87 bits per heavy atom. The van der Waals surface area contributed by atoms with Gasteiger partial charge in [0.05, 0.1) is 20.3 Å². The summed E-state index contributed by atoms with van der Waals surface area (Å²) in [4.78, 5) is 23.3. The highest BCUT2D eigenvalue weighted by atomic mass is 16.5. The van der Waals surface area contributed by atoms with Crippen LogP contribution in [-0.2, 0) is 4.74 Å². The molecule has 1 aromatic carbocycles. The molecule has 31 heavy (non-hydrogen) atoms. The second-order valence-electron chi connectivity index (χ2n) is 7.23. The van der Waals surface area contributed by atoms with Crippen LogP contribution in [0.15, 0.2) is 54.9 Å². The van der Waals surface area contributed by atoms with Crippen LogP contribution in [0.3, 0.4) is 0 Å². The number of hydrogen-bond acceptors (Lipinski definition) is 6. The van der Waals surface area contributed by atoms with Crippen molar-refractivity contribution in [2.24, 2.45) is 0 Å². The number of hydrogen-bond donors (Lipinski definition) is 1. The Morgan fingerprint density at radius 1 is 1.06 bits per heavy atom. The van der Waals surface area contributed by atoms with Crippen LogP contribution in [0.2, 0.25) is 0 Å². The van der Waals surface area contributed by atoms with Gasteiger partial charge in [-0.3, -0.25) is 14.9 Å². The first-order chi connectivity index (χ1) is 15.2. The van der Waals surface area contributed by atoms with Crippen molar-refractivity contribution in [2.45, 2.75) is 0 Å². The summed E-state index contributed by atoms with van der Waals surface area (Å²) in [6.45, 7) is 2.31. The SMILES string of the molecule is COc1ccccc1-c1n[nH]c2ncc(-c3ccc(C(=O)N4CCOCC4)nc3)cc12. The largest absolute Gasteiger partial charge is 0.496 e. The summed E-state index contributed by atoms with van der Waals surface area (Å²) in [6, 6.07) is 13.4. The lowest BCUT2D eigenvalue weighted by atomic mass is 10.0. The van der Waals surface area contributed by atoms with E-state index in [4.69, 9.17) is 9.47 Å². The molecule has 0 atom stereocenters. The fraction of sp³-hybridized carbons (Fsp3) is 0.217. The number of aromatic nitrogens is 4. The van der Waals surface area contributed by atoms with Gasteiger partial charge < -0.3 is 14.4 Å². The Bertz CT molecular complexity index is 1230. The van der Waals surface area contributed by atoms with Gasteiger partial charge in [-0.15, -0.1) is 0 Å². The third-order valence-corrected chi connectivity index (χ3v) is 5.39. The molecule has 0 spiro atoms. The molecule has 1 amide bonds. The van der Waals surface area contributed by atoms with E-state index < -0.39 is 0 Å². The predicted molar refractivity (Wildman–Crippen MR) is 116 cm³/mol. The van der Waals surface area contributed by atoms with Gasteiger partial charge in [0.1, 0.15) is 17.1 Å². The minimum Gasteiger partial charge on any atom is -0.496 e. The maximum absolute atomic E-state index is 12.6. The summed E-state index contributed by atoms with van der Waals surface area (Å²) in [5.41, 5.74) is 4.55. The lowest BCUT2D eigenvalue weighted by Crippen LogP contribution is -2.41. The minimum absolute atomic E-state index is 0.0725. The number of carbonyl (C=O) groups is 1. The van der Waals surface area contributed by atoms with Crippen LogP contribution in [0.1, 0.15) is 10.5 Å². The van der Waals surface area contributed by atoms with E-state index in [1.807, 2.05) is 36.4 Å². The first kappa shape index (κ1) is 19.2. The summed E-state index contributed by atoms with van der Waals surface area (Å²) in [7, 11) is 1.64. The number of para-hydroxylation sites is 1. The van der Waals surface area contributed by atoms with Crippen molar-refractivity contribution in [3.8, 4) is 28.1 Å². The molecule has 0 saturated carbocycles. The van der Waals surface area contributed by atoms with E-state index >= 15 is 0 Å². The number of nitrogens with zero attached hydrogens (tertiary/aromatic N) is 4. The average Bonchev–Trinajstić information content (AvgIpc) is 3.27. The van der Waals surface area contributed by atoms with Gasteiger partial charge in [-0.05, 0) is 24.3 Å². The zero-order valence-corrected chi connectivity index (χ0v) is 17.0. The van der Waals surface area contributed by atoms with Crippen molar-refractivity contribution < 1.29 is 14.3 Å². The maximum Gasteiger partial charge on any atom is 0.272 e. The quantitative estimate of drug-likeness (QED) is 0.550. The van der Waals surface area contributed by atoms with Gasteiger partial charge in [-0.2, -0.15) is 5.10 Å². The molecule has 1 N–H and O–H groups in total. The fourth-order valence-electron chi connectivity index (χ4n) is 3.73. The molecule has 4 aromatic rings. The summed E-state index contributed by atoms with van der Waals surface area (Å²) >= 11 is 0. The molecular formula is C23H21N5O3. The second-order valence-corrected chi connectivity index (χ2v) is 7.23. The van der Waals surface area contributed by atoms with Crippen molar-refractivity contribution >= 4 is 16.9 Å². The molecule has 1 saturated heterocycles. The minimum atomic E-state index is -0.0725. The molecule has 0 bridgehead atoms. The Balaban J connectivity index is 1.47. The van der Waals surface area contributed by atoms with Crippen molar-refractivity contribution in [3.05, 3.63) is 60.6 Å². The standard InChI is InChI=1S/C23H21N5O3/c1-30-20-5-3-2-4-17(20)21-18-12-16(14-25-22(18)27-26-21)15-6-7-19(24-13-15)23(29)28-8-10-31-11-9-28/h2-7,12-14H,8-11H2,1H3,(H,25,26,27). The van der Waals surface area contributed by atoms with Crippen LogP contribution >= 0.6 is 0 Å². The fourth-order valence-corrected chi connectivity index (χ4v) is 3.73. The zero-order valence-electron chi connectivity index (χ0n) is 17.0. The number of methoxy groups -OCH3 is 1. The number of pyridine rings is 2. The molecule has 1 fully saturated rings. The highest BCUT2D eigenvalue weighted by Gasteiger charge is 2.20. The summed E-state index contributed by atoms with van der Waals surface area (Å²) in [5.74, 6) is 0.672. The number of amides is 1. The van der Waals surface area contributed by atoms with E-state index in [2.05, 4.69) is 20.2 Å². The Morgan fingerprint density at radius 3 is 2.65 bits per heavy atom. The zero-order chi connectivity index (χ0) is 21.2. The van der Waals surface area contributed by atoms with Gasteiger partial charge in [-0.25, -0.2) is 4.98 Å². The maximum atomic E-state index is 12.6. The average molecular weight is 415 g/mol. The Labute approximate surface area is 178 Å². The van der Waals surface area contributed by atoms with Crippen LogP contribution < -0.4 is 4.74 Å². The normalized spacial score (nSPS) is 14.0. The number of rotatable bonds is 4. The molecule has 0 unspecified atom stereocenters. The molecule has 8 nitrogen and oxygen atoms in total. The molecule has 5 rings (SSSR count). The van der Waals surface area contributed by atoms with E-state index in [1.54, 1.807) is 30.5 Å². The van der Waals surface area contributed by atoms with Gasteiger partial charge in [0.15, 0.2) is 5.65 Å². The first-order valence-corrected chi connectivity index (χ1v) is 10.1. The molecule has 4 heterocycles. The number of ether oxygens (including phenoxy) is 2. The van der Waals surface area contributed by atoms with E-state index in [-0.39, 0.29) is 5.91 Å². The second kappa shape index (κ2) is 8.16. The van der Waals surface area contributed by atoms with Gasteiger partial charge in [0.25, 0.3) is 5.91 Å². The lowest BCUT2D eigenvalue weighted by molar-refractivity contribution is 0.0299. The third kappa shape index (κ3) is 3.62. The molecule has 3 aromatic heterocycles. The van der Waals surface area contributed by atoms with Gasteiger partial charge in [-0.1, -0.05) is 18.2 Å². The smallest absolute Gasteiger partial charge is 0.272 e. The monoisotopic (exact) mass is 415 g/mol. The van der Waals surface area contributed by atoms with E-state index in [0.717, 1.165) is 33.5 Å². The van der Waals surface area contributed by atoms with Crippen LogP contribution in [0.4, 0.5) is 0 Å². The van der Waals surface area contributed by atoms with Crippen molar-refractivity contribution in [1.29, 1.82) is 0 Å². The summed E-state index contributed by atoms with van der Waals surface area (Å²) < 4.78 is 10.8.